The number of nitrogens with one attached hydrogen (secondary N) is 1. The van der Waals surface area contributed by atoms with Gasteiger partial charge < -0.3 is 24.2 Å². The van der Waals surface area contributed by atoms with E-state index in [1.54, 1.807) is 30.3 Å². The van der Waals surface area contributed by atoms with E-state index in [4.69, 9.17) is 19.0 Å². The van der Waals surface area contributed by atoms with Crippen LogP contribution in [0.2, 0.25) is 0 Å². The summed E-state index contributed by atoms with van der Waals surface area (Å²) >= 11 is 0. The molecule has 0 bridgehead atoms. The molecule has 1 aromatic carbocycles. The minimum absolute atomic E-state index is 0.0947. The minimum atomic E-state index is -4.32. The number of benzene rings is 1. The first-order valence-electron chi connectivity index (χ1n) is 11.6. The number of ether oxygens (including phenoxy) is 1. The predicted molar refractivity (Wildman–Crippen MR) is 134 cm³/mol. The van der Waals surface area contributed by atoms with Crippen LogP contribution in [-0.4, -0.2) is 67.8 Å². The van der Waals surface area contributed by atoms with Gasteiger partial charge in [0.2, 0.25) is 0 Å². The lowest BCUT2D eigenvalue weighted by atomic mass is 10.0. The van der Waals surface area contributed by atoms with Crippen molar-refractivity contribution < 1.29 is 32.6 Å². The zero-order valence-electron chi connectivity index (χ0n) is 20.4. The summed E-state index contributed by atoms with van der Waals surface area (Å²) in [5, 5.41) is 19.6. The van der Waals surface area contributed by atoms with Crippen LogP contribution in [0.25, 0.3) is 11.2 Å². The molecule has 0 saturated carbocycles. The quantitative estimate of drug-likeness (QED) is 0.208. The third-order valence-electron chi connectivity index (χ3n) is 6.26. The van der Waals surface area contributed by atoms with Gasteiger partial charge in [0.25, 0.3) is 5.91 Å². The molecule has 5 atom stereocenters. The van der Waals surface area contributed by atoms with Crippen molar-refractivity contribution in [1.82, 2.24) is 19.5 Å². The second kappa shape index (κ2) is 11.5. The van der Waals surface area contributed by atoms with Crippen LogP contribution in [0.4, 0.5) is 10.2 Å². The fourth-order valence-corrected chi connectivity index (χ4v) is 6.37. The molecule has 38 heavy (non-hydrogen) atoms. The Labute approximate surface area is 217 Å². The van der Waals surface area contributed by atoms with Crippen molar-refractivity contribution in [3.8, 4) is 6.07 Å². The van der Waals surface area contributed by atoms with Crippen LogP contribution in [0.5, 0.6) is 0 Å². The molecule has 2 N–H and O–H groups in total. The number of amides is 1. The summed E-state index contributed by atoms with van der Waals surface area (Å²) in [5.41, 5.74) is 0.692. The molecule has 4 rings (SSSR count). The van der Waals surface area contributed by atoms with Gasteiger partial charge in [0.1, 0.15) is 17.6 Å². The summed E-state index contributed by atoms with van der Waals surface area (Å²) in [6.07, 6.45) is -1.14. The van der Waals surface area contributed by atoms with E-state index in [2.05, 4.69) is 26.8 Å². The van der Waals surface area contributed by atoms with Crippen LogP contribution in [0.3, 0.4) is 0 Å². The SMILES string of the molecule is C=CCOP(=O)(OCCC#N)[C@@]1(C)C(CO)OC(n2cnc3c(NC(=O)c4ccccc4)ncnc32)[C@@H]1F. The van der Waals surface area contributed by atoms with E-state index in [9.17, 15) is 14.5 Å². The zero-order valence-corrected chi connectivity index (χ0v) is 21.3. The lowest BCUT2D eigenvalue weighted by Gasteiger charge is -2.36. The second-order valence-corrected chi connectivity index (χ2v) is 11.0. The number of imidazole rings is 1. The number of hydrogen-bond acceptors (Lipinski definition) is 10. The molecule has 0 spiro atoms. The number of anilines is 1. The van der Waals surface area contributed by atoms with Crippen LogP contribution < -0.4 is 5.32 Å². The number of rotatable bonds is 11. The fraction of sp³-hybridized carbons (Fsp3) is 0.375. The Balaban J connectivity index is 1.69. The molecular weight excluding hydrogens is 518 g/mol. The molecule has 1 amide bonds. The van der Waals surface area contributed by atoms with Crippen molar-refractivity contribution in [3.63, 3.8) is 0 Å². The maximum Gasteiger partial charge on any atom is 0.342 e. The summed E-state index contributed by atoms with van der Waals surface area (Å²) in [6, 6.07) is 10.3. The normalized spacial score (nSPS) is 24.5. The summed E-state index contributed by atoms with van der Waals surface area (Å²) < 4.78 is 48.2. The Morgan fingerprint density at radius 3 is 2.82 bits per heavy atom. The van der Waals surface area contributed by atoms with Crippen molar-refractivity contribution in [2.45, 2.75) is 37.0 Å². The number of carbonyl (C=O) groups is 1. The lowest BCUT2D eigenvalue weighted by Crippen LogP contribution is -2.45. The largest absolute Gasteiger partial charge is 0.394 e. The Kier molecular flexibility index (Phi) is 8.30. The topological polar surface area (TPSA) is 161 Å². The zero-order chi connectivity index (χ0) is 27.3. The molecule has 0 aliphatic carbocycles. The van der Waals surface area contributed by atoms with Crippen LogP contribution in [0.15, 0.2) is 55.6 Å². The molecule has 1 aliphatic heterocycles. The van der Waals surface area contributed by atoms with Gasteiger partial charge in [0, 0.05) is 5.56 Å². The van der Waals surface area contributed by atoms with Crippen LogP contribution in [0, 0.1) is 11.3 Å². The van der Waals surface area contributed by atoms with Crippen LogP contribution in [-0.2, 0) is 18.3 Å². The average Bonchev–Trinajstić information content (AvgIpc) is 3.48. The number of nitriles is 1. The fourth-order valence-electron chi connectivity index (χ4n) is 4.18. The Hall–Kier alpha value is -3.53. The molecule has 14 heteroatoms. The number of carbonyl (C=O) groups excluding carboxylic acids is 1. The number of hydrogen-bond donors (Lipinski definition) is 2. The monoisotopic (exact) mass is 544 g/mol. The number of aliphatic hydroxyl groups excluding tert-OH is 1. The minimum Gasteiger partial charge on any atom is -0.394 e. The van der Waals surface area contributed by atoms with Gasteiger partial charge in [-0.3, -0.25) is 13.9 Å². The molecule has 3 unspecified atom stereocenters. The van der Waals surface area contributed by atoms with Gasteiger partial charge in [-0.2, -0.15) is 5.26 Å². The van der Waals surface area contributed by atoms with Gasteiger partial charge in [-0.05, 0) is 19.1 Å². The van der Waals surface area contributed by atoms with Crippen molar-refractivity contribution in [3.05, 3.63) is 61.2 Å². The molecule has 3 aromatic rings. The van der Waals surface area contributed by atoms with E-state index in [-0.39, 0.29) is 36.6 Å². The number of aromatic nitrogens is 4. The first-order chi connectivity index (χ1) is 18.3. The van der Waals surface area contributed by atoms with Gasteiger partial charge in [0.05, 0.1) is 38.6 Å². The van der Waals surface area contributed by atoms with Crippen molar-refractivity contribution in [2.24, 2.45) is 0 Å². The van der Waals surface area contributed by atoms with Gasteiger partial charge in [-0.15, -0.1) is 6.58 Å². The van der Waals surface area contributed by atoms with E-state index in [0.29, 0.717) is 5.56 Å². The molecule has 0 radical (unpaired) electrons. The first-order valence-corrected chi connectivity index (χ1v) is 13.2. The standard InChI is InChI=1S/C24H26FN6O6P/c1-3-11-35-38(34,36-12-7-10-26)24(2)17(13-32)37-23(19(24)25)31-15-29-18-20(27-14-28-21(18)31)30-22(33)16-8-5-4-6-9-16/h3-6,8-9,14-15,17,19,23,32H,1,7,11-13H2,2H3,(H,27,28,30,33)/t17?,19-,23?,24-,38?/m0/s1. The summed E-state index contributed by atoms with van der Waals surface area (Å²) in [5.74, 6) is -0.333. The van der Waals surface area contributed by atoms with E-state index in [1.165, 1.54) is 30.2 Å². The molecule has 2 aromatic heterocycles. The number of alkyl halides is 1. The van der Waals surface area contributed by atoms with Gasteiger partial charge in [-0.25, -0.2) is 19.3 Å². The predicted octanol–water partition coefficient (Wildman–Crippen LogP) is 3.39. The van der Waals surface area contributed by atoms with Crippen molar-refractivity contribution in [1.29, 1.82) is 5.26 Å². The van der Waals surface area contributed by atoms with Crippen molar-refractivity contribution >= 4 is 30.5 Å². The number of halogens is 1. The van der Waals surface area contributed by atoms with E-state index >= 15 is 4.39 Å². The molecule has 1 saturated heterocycles. The van der Waals surface area contributed by atoms with E-state index in [1.807, 2.05) is 6.07 Å². The number of fused-ring (bicyclic) bond motifs is 1. The highest BCUT2D eigenvalue weighted by molar-refractivity contribution is 7.55. The second-order valence-electron chi connectivity index (χ2n) is 8.52. The molecule has 3 heterocycles. The van der Waals surface area contributed by atoms with Gasteiger partial charge in [0.15, 0.2) is 29.4 Å². The van der Waals surface area contributed by atoms with E-state index < -0.39 is 43.8 Å². The summed E-state index contributed by atoms with van der Waals surface area (Å²) in [4.78, 5) is 25.2. The first kappa shape index (κ1) is 27.5. The average molecular weight is 544 g/mol. The number of aliphatic hydroxyl groups is 1. The van der Waals surface area contributed by atoms with Crippen LogP contribution in [0.1, 0.15) is 29.9 Å². The third kappa shape index (κ3) is 4.84. The van der Waals surface area contributed by atoms with Crippen LogP contribution >= 0.6 is 7.60 Å². The maximum absolute atomic E-state index is 16.3. The summed E-state index contributed by atoms with van der Waals surface area (Å²) in [7, 11) is -4.32. The highest BCUT2D eigenvalue weighted by Gasteiger charge is 2.66. The van der Waals surface area contributed by atoms with Gasteiger partial charge in [-0.1, -0.05) is 24.3 Å². The maximum atomic E-state index is 16.3. The third-order valence-corrected chi connectivity index (χ3v) is 8.98. The summed E-state index contributed by atoms with van der Waals surface area (Å²) in [6.45, 7) is 3.63. The lowest BCUT2D eigenvalue weighted by molar-refractivity contribution is -0.0377. The van der Waals surface area contributed by atoms with Crippen molar-refractivity contribution in [2.75, 3.05) is 25.1 Å². The number of nitrogens with zero attached hydrogens (tertiary/aromatic N) is 5. The molecule has 1 aliphatic rings. The molecule has 12 nitrogen and oxygen atoms in total. The van der Waals surface area contributed by atoms with E-state index in [0.717, 1.165) is 0 Å². The molecular formula is C24H26FN6O6P. The highest BCUT2D eigenvalue weighted by atomic mass is 31.2. The van der Waals surface area contributed by atoms with Gasteiger partial charge >= 0.3 is 7.60 Å². The molecule has 200 valence electrons. The highest BCUT2D eigenvalue weighted by Crippen LogP contribution is 2.67. The smallest absolute Gasteiger partial charge is 0.342 e. The Morgan fingerprint density at radius 1 is 1.37 bits per heavy atom. The Morgan fingerprint density at radius 2 is 2.13 bits per heavy atom. The Bertz CT molecular complexity index is 1400. The molecule has 1 fully saturated rings.